The maximum absolute atomic E-state index is 12.2. The van der Waals surface area contributed by atoms with E-state index in [9.17, 15) is 23.1 Å². The summed E-state index contributed by atoms with van der Waals surface area (Å²) in [5.41, 5.74) is 0.270. The van der Waals surface area contributed by atoms with E-state index < -0.39 is 24.1 Å². The molecule has 1 heterocycles. The standard InChI is InChI=1S/C13H15F3N2O3/c14-13(15,16)21-10-3-1-2-9(8-10)11(12(19)20)18-6-4-17-5-7-18/h1-3,8,11,17H,4-7H2,(H,19,20). The van der Waals surface area contributed by atoms with E-state index >= 15 is 0 Å². The van der Waals surface area contributed by atoms with Crippen molar-refractivity contribution < 1.29 is 27.8 Å². The van der Waals surface area contributed by atoms with Crippen molar-refractivity contribution in [2.24, 2.45) is 0 Å². The van der Waals surface area contributed by atoms with Gasteiger partial charge < -0.3 is 15.2 Å². The lowest BCUT2D eigenvalue weighted by atomic mass is 10.0. The monoisotopic (exact) mass is 304 g/mol. The lowest BCUT2D eigenvalue weighted by molar-refractivity contribution is -0.274. The molecule has 1 aliphatic heterocycles. The normalized spacial score (nSPS) is 18.2. The van der Waals surface area contributed by atoms with Crippen molar-refractivity contribution in [1.29, 1.82) is 0 Å². The molecule has 8 heteroatoms. The molecular formula is C13H15F3N2O3. The van der Waals surface area contributed by atoms with Gasteiger partial charge in [0.2, 0.25) is 0 Å². The minimum Gasteiger partial charge on any atom is -0.480 e. The maximum atomic E-state index is 12.2. The molecule has 1 aliphatic rings. The second-order valence-electron chi connectivity index (χ2n) is 4.65. The second-order valence-corrected chi connectivity index (χ2v) is 4.65. The van der Waals surface area contributed by atoms with Crippen molar-refractivity contribution in [3.63, 3.8) is 0 Å². The van der Waals surface area contributed by atoms with Crippen molar-refractivity contribution >= 4 is 5.97 Å². The number of ether oxygens (including phenoxy) is 1. The molecule has 0 aromatic heterocycles. The summed E-state index contributed by atoms with van der Waals surface area (Å²) in [5.74, 6) is -1.51. The fraction of sp³-hybridized carbons (Fsp3) is 0.462. The Morgan fingerprint density at radius 1 is 1.33 bits per heavy atom. The van der Waals surface area contributed by atoms with E-state index in [-0.39, 0.29) is 5.56 Å². The van der Waals surface area contributed by atoms with Gasteiger partial charge in [-0.2, -0.15) is 0 Å². The van der Waals surface area contributed by atoms with Crippen LogP contribution >= 0.6 is 0 Å². The minimum atomic E-state index is -4.80. The zero-order valence-corrected chi connectivity index (χ0v) is 11.1. The lowest BCUT2D eigenvalue weighted by Gasteiger charge is -2.32. The van der Waals surface area contributed by atoms with E-state index in [0.29, 0.717) is 26.2 Å². The van der Waals surface area contributed by atoms with Gasteiger partial charge in [-0.25, -0.2) is 0 Å². The quantitative estimate of drug-likeness (QED) is 0.885. The van der Waals surface area contributed by atoms with Gasteiger partial charge in [0, 0.05) is 26.2 Å². The third-order valence-corrected chi connectivity index (χ3v) is 3.16. The van der Waals surface area contributed by atoms with Crippen molar-refractivity contribution in [3.05, 3.63) is 29.8 Å². The van der Waals surface area contributed by atoms with Crippen LogP contribution in [0.2, 0.25) is 0 Å². The number of nitrogens with zero attached hydrogens (tertiary/aromatic N) is 1. The first-order valence-electron chi connectivity index (χ1n) is 6.40. The molecule has 0 radical (unpaired) electrons. The summed E-state index contributed by atoms with van der Waals surface area (Å²) in [6, 6.07) is 4.13. The van der Waals surface area contributed by atoms with Gasteiger partial charge in [0.15, 0.2) is 0 Å². The van der Waals surface area contributed by atoms with Crippen LogP contribution < -0.4 is 10.1 Å². The summed E-state index contributed by atoms with van der Waals surface area (Å²) in [6.45, 7) is 2.31. The minimum absolute atomic E-state index is 0.270. The van der Waals surface area contributed by atoms with Crippen LogP contribution in [0.15, 0.2) is 24.3 Å². The molecule has 116 valence electrons. The summed E-state index contributed by atoms with van der Waals surface area (Å²) in [6.07, 6.45) is -4.80. The first-order chi connectivity index (χ1) is 9.87. The summed E-state index contributed by atoms with van der Waals surface area (Å²) in [5, 5.41) is 12.5. The molecular weight excluding hydrogens is 289 g/mol. The lowest BCUT2D eigenvalue weighted by Crippen LogP contribution is -2.47. The molecule has 1 atom stereocenters. The smallest absolute Gasteiger partial charge is 0.480 e. The molecule has 2 N–H and O–H groups in total. The number of carbonyl (C=O) groups is 1. The van der Waals surface area contributed by atoms with Crippen LogP contribution in [0.25, 0.3) is 0 Å². The summed E-state index contributed by atoms with van der Waals surface area (Å²) >= 11 is 0. The molecule has 0 amide bonds. The van der Waals surface area contributed by atoms with E-state index in [1.165, 1.54) is 12.1 Å². The molecule has 0 saturated carbocycles. The molecule has 1 aromatic rings. The Morgan fingerprint density at radius 3 is 2.57 bits per heavy atom. The average Bonchev–Trinajstić information content (AvgIpc) is 2.38. The summed E-state index contributed by atoms with van der Waals surface area (Å²) in [4.78, 5) is 13.2. The molecule has 0 aliphatic carbocycles. The average molecular weight is 304 g/mol. The third kappa shape index (κ3) is 4.33. The van der Waals surface area contributed by atoms with Gasteiger partial charge in [-0.1, -0.05) is 12.1 Å². The highest BCUT2D eigenvalue weighted by Gasteiger charge is 2.32. The van der Waals surface area contributed by atoms with Crippen LogP contribution in [0.1, 0.15) is 11.6 Å². The van der Waals surface area contributed by atoms with Gasteiger partial charge >= 0.3 is 12.3 Å². The number of benzene rings is 1. The Hall–Kier alpha value is -1.80. The van der Waals surface area contributed by atoms with Gasteiger partial charge in [0.05, 0.1) is 0 Å². The SMILES string of the molecule is O=C(O)C(c1cccc(OC(F)(F)F)c1)N1CCNCC1. The molecule has 21 heavy (non-hydrogen) atoms. The van der Waals surface area contributed by atoms with Crippen LogP contribution in [-0.4, -0.2) is 48.5 Å². The van der Waals surface area contributed by atoms with Crippen molar-refractivity contribution in [1.82, 2.24) is 10.2 Å². The summed E-state index contributed by atoms with van der Waals surface area (Å²) < 4.78 is 40.5. The third-order valence-electron chi connectivity index (χ3n) is 3.16. The number of carboxylic acids is 1. The van der Waals surface area contributed by atoms with E-state index in [1.54, 1.807) is 4.90 Å². The van der Waals surface area contributed by atoms with Gasteiger partial charge in [-0.3, -0.25) is 9.69 Å². The van der Waals surface area contributed by atoms with Gasteiger partial charge in [-0.15, -0.1) is 13.2 Å². The zero-order chi connectivity index (χ0) is 15.5. The number of carboxylic acid groups (broad SMARTS) is 1. The highest BCUT2D eigenvalue weighted by Crippen LogP contribution is 2.28. The highest BCUT2D eigenvalue weighted by molar-refractivity contribution is 5.75. The molecule has 2 rings (SSSR count). The van der Waals surface area contributed by atoms with Crippen LogP contribution in [0, 0.1) is 0 Å². The largest absolute Gasteiger partial charge is 0.573 e. The Balaban J connectivity index is 2.23. The van der Waals surface area contributed by atoms with Crippen LogP contribution in [0.4, 0.5) is 13.2 Å². The Bertz CT molecular complexity index is 502. The molecule has 1 aromatic carbocycles. The Morgan fingerprint density at radius 2 is 2.00 bits per heavy atom. The van der Waals surface area contributed by atoms with Crippen molar-refractivity contribution in [2.45, 2.75) is 12.4 Å². The van der Waals surface area contributed by atoms with Crippen molar-refractivity contribution in [2.75, 3.05) is 26.2 Å². The Kier molecular flexibility index (Phi) is 4.69. The number of halogens is 3. The molecule has 1 unspecified atom stereocenters. The first kappa shape index (κ1) is 15.6. The molecule has 0 bridgehead atoms. The molecule has 5 nitrogen and oxygen atoms in total. The number of alkyl halides is 3. The number of hydrogen-bond donors (Lipinski definition) is 2. The topological polar surface area (TPSA) is 61.8 Å². The zero-order valence-electron chi connectivity index (χ0n) is 11.1. The predicted molar refractivity (Wildman–Crippen MR) is 67.9 cm³/mol. The predicted octanol–water partition coefficient (Wildman–Crippen LogP) is 1.62. The van der Waals surface area contributed by atoms with Gasteiger partial charge in [0.1, 0.15) is 11.8 Å². The number of rotatable bonds is 4. The van der Waals surface area contributed by atoms with Gasteiger partial charge in [0.25, 0.3) is 0 Å². The maximum Gasteiger partial charge on any atom is 0.573 e. The number of piperazine rings is 1. The number of nitrogens with one attached hydrogen (secondary N) is 1. The van der Waals surface area contributed by atoms with E-state index in [2.05, 4.69) is 10.1 Å². The van der Waals surface area contributed by atoms with E-state index in [0.717, 1.165) is 12.1 Å². The highest BCUT2D eigenvalue weighted by atomic mass is 19.4. The molecule has 0 spiro atoms. The number of aliphatic carboxylic acids is 1. The van der Waals surface area contributed by atoms with Gasteiger partial charge in [-0.05, 0) is 17.7 Å². The number of hydrogen-bond acceptors (Lipinski definition) is 4. The second kappa shape index (κ2) is 6.31. The fourth-order valence-electron chi connectivity index (χ4n) is 2.33. The van der Waals surface area contributed by atoms with Crippen molar-refractivity contribution in [3.8, 4) is 5.75 Å². The summed E-state index contributed by atoms with van der Waals surface area (Å²) in [7, 11) is 0. The fourth-order valence-corrected chi connectivity index (χ4v) is 2.33. The Labute approximate surface area is 119 Å². The van der Waals surface area contributed by atoms with E-state index in [4.69, 9.17) is 0 Å². The molecule has 1 fully saturated rings. The first-order valence-corrected chi connectivity index (χ1v) is 6.40. The van der Waals surface area contributed by atoms with Crippen LogP contribution in [0.5, 0.6) is 5.75 Å². The van der Waals surface area contributed by atoms with Crippen LogP contribution in [0.3, 0.4) is 0 Å². The molecule has 1 saturated heterocycles. The van der Waals surface area contributed by atoms with E-state index in [1.807, 2.05) is 0 Å². The van der Waals surface area contributed by atoms with Crippen LogP contribution in [-0.2, 0) is 4.79 Å².